The average molecular weight is 273 g/mol. The van der Waals surface area contributed by atoms with Crippen molar-refractivity contribution in [3.05, 3.63) is 35.4 Å². The lowest BCUT2D eigenvalue weighted by molar-refractivity contribution is -0.130. The molecule has 1 unspecified atom stereocenters. The molecule has 2 heteroatoms. The Hall–Kier alpha value is -1.31. The van der Waals surface area contributed by atoms with Gasteiger partial charge in [0.05, 0.1) is 6.04 Å². The van der Waals surface area contributed by atoms with E-state index < -0.39 is 0 Å². The SMILES string of the molecule is CCC(C)(C)C(=O)NC1CCC(C)(C)c2ccccc21. The highest BCUT2D eigenvalue weighted by Gasteiger charge is 2.35. The van der Waals surface area contributed by atoms with E-state index in [0.717, 1.165) is 19.3 Å². The third-order valence-corrected chi connectivity index (χ3v) is 4.93. The van der Waals surface area contributed by atoms with Crippen LogP contribution in [0.25, 0.3) is 0 Å². The van der Waals surface area contributed by atoms with Crippen LogP contribution in [0.1, 0.15) is 71.0 Å². The van der Waals surface area contributed by atoms with E-state index in [0.29, 0.717) is 0 Å². The smallest absolute Gasteiger partial charge is 0.226 e. The largest absolute Gasteiger partial charge is 0.349 e. The molecule has 0 bridgehead atoms. The molecule has 1 aliphatic carbocycles. The number of rotatable bonds is 3. The predicted molar refractivity (Wildman–Crippen MR) is 83.7 cm³/mol. The van der Waals surface area contributed by atoms with E-state index in [2.05, 4.69) is 50.4 Å². The van der Waals surface area contributed by atoms with E-state index in [4.69, 9.17) is 0 Å². The third-order valence-electron chi connectivity index (χ3n) is 4.93. The van der Waals surface area contributed by atoms with E-state index in [1.807, 2.05) is 13.8 Å². The van der Waals surface area contributed by atoms with Crippen molar-refractivity contribution >= 4 is 5.91 Å². The minimum atomic E-state index is -0.290. The minimum absolute atomic E-state index is 0.164. The first-order chi connectivity index (χ1) is 9.28. The number of amides is 1. The first kappa shape index (κ1) is 15.1. The van der Waals surface area contributed by atoms with Crippen LogP contribution in [0, 0.1) is 5.41 Å². The van der Waals surface area contributed by atoms with E-state index in [9.17, 15) is 4.79 Å². The van der Waals surface area contributed by atoms with Gasteiger partial charge < -0.3 is 5.32 Å². The Balaban J connectivity index is 2.26. The van der Waals surface area contributed by atoms with Crippen molar-refractivity contribution in [2.24, 2.45) is 5.41 Å². The van der Waals surface area contributed by atoms with E-state index in [-0.39, 0.29) is 22.8 Å². The van der Waals surface area contributed by atoms with Crippen LogP contribution >= 0.6 is 0 Å². The van der Waals surface area contributed by atoms with Crippen LogP contribution in [0.2, 0.25) is 0 Å². The quantitative estimate of drug-likeness (QED) is 0.871. The maximum absolute atomic E-state index is 12.4. The van der Waals surface area contributed by atoms with Gasteiger partial charge >= 0.3 is 0 Å². The molecule has 0 fully saturated rings. The van der Waals surface area contributed by atoms with Gasteiger partial charge in [-0.3, -0.25) is 4.79 Å². The number of fused-ring (bicyclic) bond motifs is 1. The van der Waals surface area contributed by atoms with Gasteiger partial charge in [0.25, 0.3) is 0 Å². The minimum Gasteiger partial charge on any atom is -0.349 e. The van der Waals surface area contributed by atoms with Crippen molar-refractivity contribution in [2.75, 3.05) is 0 Å². The van der Waals surface area contributed by atoms with Gasteiger partial charge in [0, 0.05) is 5.41 Å². The molecule has 0 aliphatic heterocycles. The molecule has 1 aromatic rings. The van der Waals surface area contributed by atoms with E-state index in [1.165, 1.54) is 11.1 Å². The zero-order chi connectivity index (χ0) is 15.0. The number of hydrogen-bond donors (Lipinski definition) is 1. The molecule has 1 atom stereocenters. The summed E-state index contributed by atoms with van der Waals surface area (Å²) in [7, 11) is 0. The molecule has 2 rings (SSSR count). The second kappa shape index (κ2) is 5.23. The molecular weight excluding hydrogens is 246 g/mol. The molecule has 1 N–H and O–H groups in total. The molecule has 0 radical (unpaired) electrons. The summed E-state index contributed by atoms with van der Waals surface area (Å²) in [5.41, 5.74) is 2.59. The van der Waals surface area contributed by atoms with Gasteiger partial charge in [-0.05, 0) is 35.8 Å². The topological polar surface area (TPSA) is 29.1 Å². The highest BCUT2D eigenvalue weighted by atomic mass is 16.2. The van der Waals surface area contributed by atoms with Crippen molar-refractivity contribution in [3.63, 3.8) is 0 Å². The molecule has 0 aromatic heterocycles. The van der Waals surface area contributed by atoms with Gasteiger partial charge in [-0.2, -0.15) is 0 Å². The summed E-state index contributed by atoms with van der Waals surface area (Å²) >= 11 is 0. The van der Waals surface area contributed by atoms with Crippen LogP contribution < -0.4 is 5.32 Å². The van der Waals surface area contributed by atoms with Crippen LogP contribution in [0.3, 0.4) is 0 Å². The second-order valence-electron chi connectivity index (χ2n) is 7.27. The number of nitrogens with one attached hydrogen (secondary N) is 1. The molecule has 0 spiro atoms. The summed E-state index contributed by atoms with van der Waals surface area (Å²) in [4.78, 5) is 12.4. The maximum atomic E-state index is 12.4. The summed E-state index contributed by atoms with van der Waals surface area (Å²) < 4.78 is 0. The van der Waals surface area contributed by atoms with Gasteiger partial charge in [0.2, 0.25) is 5.91 Å². The molecule has 20 heavy (non-hydrogen) atoms. The molecular formula is C18H27NO. The maximum Gasteiger partial charge on any atom is 0.226 e. The van der Waals surface area contributed by atoms with Gasteiger partial charge in [-0.15, -0.1) is 0 Å². The van der Waals surface area contributed by atoms with Crippen LogP contribution in [0.4, 0.5) is 0 Å². The number of carbonyl (C=O) groups excluding carboxylic acids is 1. The van der Waals surface area contributed by atoms with Gasteiger partial charge in [-0.1, -0.05) is 58.9 Å². The van der Waals surface area contributed by atoms with Crippen molar-refractivity contribution in [1.82, 2.24) is 5.32 Å². The van der Waals surface area contributed by atoms with Gasteiger partial charge in [-0.25, -0.2) is 0 Å². The van der Waals surface area contributed by atoms with Crippen LogP contribution in [0.15, 0.2) is 24.3 Å². The predicted octanol–water partition coefficient (Wildman–Crippen LogP) is 4.35. The first-order valence-electron chi connectivity index (χ1n) is 7.68. The highest BCUT2D eigenvalue weighted by molar-refractivity contribution is 5.82. The monoisotopic (exact) mass is 273 g/mol. The highest BCUT2D eigenvalue weighted by Crippen LogP contribution is 2.41. The van der Waals surface area contributed by atoms with Crippen LogP contribution in [-0.2, 0) is 10.2 Å². The molecule has 0 saturated heterocycles. The Morgan fingerprint density at radius 2 is 2.00 bits per heavy atom. The molecule has 1 aromatic carbocycles. The molecule has 0 saturated carbocycles. The fourth-order valence-corrected chi connectivity index (χ4v) is 2.88. The molecule has 1 aliphatic rings. The van der Waals surface area contributed by atoms with Crippen molar-refractivity contribution in [1.29, 1.82) is 0 Å². The second-order valence-corrected chi connectivity index (χ2v) is 7.27. The lowest BCUT2D eigenvalue weighted by Crippen LogP contribution is -2.41. The van der Waals surface area contributed by atoms with Crippen molar-refractivity contribution < 1.29 is 4.79 Å². The number of carbonyl (C=O) groups is 1. The Labute approximate surface area is 123 Å². The van der Waals surface area contributed by atoms with Gasteiger partial charge in [0.1, 0.15) is 0 Å². The summed E-state index contributed by atoms with van der Waals surface area (Å²) in [6.45, 7) is 10.7. The first-order valence-corrected chi connectivity index (χ1v) is 7.68. The lowest BCUT2D eigenvalue weighted by Gasteiger charge is -2.38. The zero-order valence-corrected chi connectivity index (χ0v) is 13.4. The van der Waals surface area contributed by atoms with Crippen molar-refractivity contribution in [3.8, 4) is 0 Å². The molecule has 110 valence electrons. The normalized spacial score (nSPS) is 21.1. The van der Waals surface area contributed by atoms with Crippen LogP contribution in [-0.4, -0.2) is 5.91 Å². The Morgan fingerprint density at radius 3 is 2.65 bits per heavy atom. The molecule has 1 amide bonds. The zero-order valence-electron chi connectivity index (χ0n) is 13.4. The van der Waals surface area contributed by atoms with Crippen LogP contribution in [0.5, 0.6) is 0 Å². The summed E-state index contributed by atoms with van der Waals surface area (Å²) in [5.74, 6) is 0.166. The molecule has 0 heterocycles. The van der Waals surface area contributed by atoms with E-state index in [1.54, 1.807) is 0 Å². The Morgan fingerprint density at radius 1 is 1.35 bits per heavy atom. The van der Waals surface area contributed by atoms with Crippen molar-refractivity contribution in [2.45, 2.75) is 65.3 Å². The Bertz CT molecular complexity index is 502. The van der Waals surface area contributed by atoms with Gasteiger partial charge in [0.15, 0.2) is 0 Å². The standard InChI is InChI=1S/C18H27NO/c1-6-17(2,3)16(20)19-15-11-12-18(4,5)14-10-8-7-9-13(14)15/h7-10,15H,6,11-12H2,1-5H3,(H,19,20). The third kappa shape index (κ3) is 2.74. The molecule has 2 nitrogen and oxygen atoms in total. The van der Waals surface area contributed by atoms with E-state index >= 15 is 0 Å². The summed E-state index contributed by atoms with van der Waals surface area (Å²) in [6, 6.07) is 8.71. The summed E-state index contributed by atoms with van der Waals surface area (Å²) in [5, 5.41) is 3.27. The number of hydrogen-bond acceptors (Lipinski definition) is 1. The number of benzene rings is 1. The fourth-order valence-electron chi connectivity index (χ4n) is 2.88. The average Bonchev–Trinajstić information content (AvgIpc) is 2.42. The fraction of sp³-hybridized carbons (Fsp3) is 0.611. The summed E-state index contributed by atoms with van der Waals surface area (Å²) in [6.07, 6.45) is 3.00. The lowest BCUT2D eigenvalue weighted by atomic mass is 9.71. The Kier molecular flexibility index (Phi) is 3.95.